The van der Waals surface area contributed by atoms with Crippen LogP contribution in [0.3, 0.4) is 0 Å². The van der Waals surface area contributed by atoms with Crippen molar-refractivity contribution in [2.75, 3.05) is 37.6 Å². The number of aromatic nitrogens is 1. The van der Waals surface area contributed by atoms with E-state index in [4.69, 9.17) is 0 Å². The molecule has 1 saturated carbocycles. The van der Waals surface area contributed by atoms with Gasteiger partial charge in [0.05, 0.1) is 0 Å². The maximum atomic E-state index is 11.1. The Morgan fingerprint density at radius 3 is 2.54 bits per heavy atom. The standard InChI is InChI=1S/C19H30N4O/c1-16(24)21-18-7-5-17(6-8-18)9-11-22-12-14-23(15-13-22)19-4-2-3-10-20-19/h2-4,10,17-18H,5-9,11-15H2,1H3,(H,21,24)/t17-,18-. The molecule has 24 heavy (non-hydrogen) atoms. The van der Waals surface area contributed by atoms with Crippen LogP contribution in [0, 0.1) is 5.92 Å². The Morgan fingerprint density at radius 1 is 1.17 bits per heavy atom. The predicted octanol–water partition coefficient (Wildman–Crippen LogP) is 2.29. The fraction of sp³-hybridized carbons (Fsp3) is 0.684. The van der Waals surface area contributed by atoms with Crippen LogP contribution in [0.2, 0.25) is 0 Å². The second-order valence-electron chi connectivity index (χ2n) is 7.22. The van der Waals surface area contributed by atoms with Crippen LogP contribution in [0.1, 0.15) is 39.0 Å². The molecule has 1 N–H and O–H groups in total. The molecule has 2 heterocycles. The molecule has 5 heteroatoms. The van der Waals surface area contributed by atoms with Gasteiger partial charge in [-0.05, 0) is 56.7 Å². The maximum Gasteiger partial charge on any atom is 0.217 e. The summed E-state index contributed by atoms with van der Waals surface area (Å²) in [5.74, 6) is 2.06. The lowest BCUT2D eigenvalue weighted by molar-refractivity contribution is -0.119. The number of rotatable bonds is 5. The molecule has 1 saturated heterocycles. The van der Waals surface area contributed by atoms with Crippen LogP contribution in [0.25, 0.3) is 0 Å². The van der Waals surface area contributed by atoms with E-state index in [9.17, 15) is 4.79 Å². The smallest absolute Gasteiger partial charge is 0.217 e. The van der Waals surface area contributed by atoms with Crippen molar-refractivity contribution in [3.05, 3.63) is 24.4 Å². The van der Waals surface area contributed by atoms with Crippen LogP contribution in [0.4, 0.5) is 5.82 Å². The quantitative estimate of drug-likeness (QED) is 0.900. The van der Waals surface area contributed by atoms with Gasteiger partial charge in [-0.15, -0.1) is 0 Å². The Labute approximate surface area is 145 Å². The van der Waals surface area contributed by atoms with E-state index < -0.39 is 0 Å². The van der Waals surface area contributed by atoms with Gasteiger partial charge in [0.15, 0.2) is 0 Å². The normalized spacial score (nSPS) is 25.5. The lowest BCUT2D eigenvalue weighted by atomic mass is 9.84. The molecular weight excluding hydrogens is 300 g/mol. The molecule has 5 nitrogen and oxygen atoms in total. The summed E-state index contributed by atoms with van der Waals surface area (Å²) in [4.78, 5) is 20.6. The Balaban J connectivity index is 1.33. The molecule has 0 unspecified atom stereocenters. The third kappa shape index (κ3) is 4.94. The summed E-state index contributed by atoms with van der Waals surface area (Å²) in [6.07, 6.45) is 8.00. The van der Waals surface area contributed by atoms with E-state index in [0.29, 0.717) is 6.04 Å². The van der Waals surface area contributed by atoms with Crippen molar-refractivity contribution < 1.29 is 4.79 Å². The highest BCUT2D eigenvalue weighted by molar-refractivity contribution is 5.73. The zero-order valence-corrected chi connectivity index (χ0v) is 14.8. The maximum absolute atomic E-state index is 11.1. The highest BCUT2D eigenvalue weighted by Gasteiger charge is 2.23. The van der Waals surface area contributed by atoms with Gasteiger partial charge in [-0.2, -0.15) is 0 Å². The molecule has 132 valence electrons. The van der Waals surface area contributed by atoms with E-state index in [1.54, 1.807) is 6.92 Å². The summed E-state index contributed by atoms with van der Waals surface area (Å²) < 4.78 is 0. The van der Waals surface area contributed by atoms with Crippen molar-refractivity contribution in [3.8, 4) is 0 Å². The van der Waals surface area contributed by atoms with E-state index in [1.807, 2.05) is 12.3 Å². The summed E-state index contributed by atoms with van der Waals surface area (Å²) >= 11 is 0. The SMILES string of the molecule is CC(=O)N[C@H]1CC[C@H](CCN2CCN(c3ccccn3)CC2)CC1. The van der Waals surface area contributed by atoms with E-state index in [1.165, 1.54) is 25.8 Å². The van der Waals surface area contributed by atoms with Gasteiger partial charge < -0.3 is 10.2 Å². The molecule has 0 radical (unpaired) electrons. The fourth-order valence-corrected chi connectivity index (χ4v) is 3.99. The molecule has 0 atom stereocenters. The average Bonchev–Trinajstić information content (AvgIpc) is 2.62. The minimum absolute atomic E-state index is 0.115. The Bertz CT molecular complexity index is 505. The van der Waals surface area contributed by atoms with Gasteiger partial charge in [0, 0.05) is 45.3 Å². The molecule has 1 aromatic heterocycles. The Kier molecular flexibility index (Phi) is 6.07. The number of nitrogens with zero attached hydrogens (tertiary/aromatic N) is 3. The van der Waals surface area contributed by atoms with Crippen LogP contribution >= 0.6 is 0 Å². The monoisotopic (exact) mass is 330 g/mol. The van der Waals surface area contributed by atoms with Crippen LogP contribution in [0.5, 0.6) is 0 Å². The zero-order chi connectivity index (χ0) is 16.8. The predicted molar refractivity (Wildman–Crippen MR) is 97.1 cm³/mol. The molecule has 0 bridgehead atoms. The van der Waals surface area contributed by atoms with Gasteiger partial charge in [0.25, 0.3) is 0 Å². The largest absolute Gasteiger partial charge is 0.354 e. The van der Waals surface area contributed by atoms with Crippen molar-refractivity contribution in [2.45, 2.75) is 45.1 Å². The highest BCUT2D eigenvalue weighted by Crippen LogP contribution is 2.27. The van der Waals surface area contributed by atoms with Gasteiger partial charge in [0.2, 0.25) is 5.91 Å². The number of carbonyl (C=O) groups excluding carboxylic acids is 1. The first-order valence-electron chi connectivity index (χ1n) is 9.36. The summed E-state index contributed by atoms with van der Waals surface area (Å²) in [6, 6.07) is 6.55. The lowest BCUT2D eigenvalue weighted by Gasteiger charge is -2.36. The molecule has 1 aliphatic carbocycles. The second kappa shape index (κ2) is 8.47. The second-order valence-corrected chi connectivity index (χ2v) is 7.22. The number of piperazine rings is 1. The zero-order valence-electron chi connectivity index (χ0n) is 14.8. The number of anilines is 1. The molecule has 1 aliphatic heterocycles. The minimum Gasteiger partial charge on any atom is -0.354 e. The molecule has 0 aromatic carbocycles. The fourth-order valence-electron chi connectivity index (χ4n) is 3.99. The molecule has 0 spiro atoms. The van der Waals surface area contributed by atoms with Crippen LogP contribution < -0.4 is 10.2 Å². The summed E-state index contributed by atoms with van der Waals surface area (Å²) in [6.45, 7) is 7.26. The number of amides is 1. The molecular formula is C19H30N4O. The van der Waals surface area contributed by atoms with Crippen molar-refractivity contribution in [1.29, 1.82) is 0 Å². The lowest BCUT2D eigenvalue weighted by Crippen LogP contribution is -2.47. The Morgan fingerprint density at radius 2 is 1.92 bits per heavy atom. The third-order valence-corrected chi connectivity index (χ3v) is 5.45. The van der Waals surface area contributed by atoms with Crippen molar-refractivity contribution >= 4 is 11.7 Å². The van der Waals surface area contributed by atoms with E-state index in [0.717, 1.165) is 50.8 Å². The number of pyridine rings is 1. The minimum atomic E-state index is 0.115. The number of hydrogen-bond donors (Lipinski definition) is 1. The third-order valence-electron chi connectivity index (χ3n) is 5.45. The van der Waals surface area contributed by atoms with Gasteiger partial charge >= 0.3 is 0 Å². The van der Waals surface area contributed by atoms with Crippen molar-refractivity contribution in [3.63, 3.8) is 0 Å². The first-order valence-corrected chi connectivity index (χ1v) is 9.36. The first-order chi connectivity index (χ1) is 11.7. The number of hydrogen-bond acceptors (Lipinski definition) is 4. The van der Waals surface area contributed by atoms with Gasteiger partial charge in [-0.3, -0.25) is 9.69 Å². The molecule has 2 fully saturated rings. The van der Waals surface area contributed by atoms with Gasteiger partial charge in [-0.1, -0.05) is 6.07 Å². The van der Waals surface area contributed by atoms with E-state index in [2.05, 4.69) is 32.2 Å². The summed E-state index contributed by atoms with van der Waals surface area (Å²) in [5, 5.41) is 3.07. The van der Waals surface area contributed by atoms with E-state index >= 15 is 0 Å². The van der Waals surface area contributed by atoms with E-state index in [-0.39, 0.29) is 5.91 Å². The van der Waals surface area contributed by atoms with Crippen LogP contribution in [-0.4, -0.2) is 54.6 Å². The molecule has 3 rings (SSSR count). The summed E-state index contributed by atoms with van der Waals surface area (Å²) in [7, 11) is 0. The number of carbonyl (C=O) groups is 1. The van der Waals surface area contributed by atoms with Crippen LogP contribution in [-0.2, 0) is 4.79 Å². The number of nitrogens with one attached hydrogen (secondary N) is 1. The van der Waals surface area contributed by atoms with Crippen molar-refractivity contribution in [2.24, 2.45) is 5.92 Å². The Hall–Kier alpha value is -1.62. The molecule has 1 amide bonds. The highest BCUT2D eigenvalue weighted by atomic mass is 16.1. The molecule has 1 aromatic rings. The topological polar surface area (TPSA) is 48.5 Å². The first kappa shape index (κ1) is 17.2. The van der Waals surface area contributed by atoms with Gasteiger partial charge in [-0.25, -0.2) is 4.98 Å². The van der Waals surface area contributed by atoms with Crippen molar-refractivity contribution in [1.82, 2.24) is 15.2 Å². The average molecular weight is 330 g/mol. The van der Waals surface area contributed by atoms with Crippen LogP contribution in [0.15, 0.2) is 24.4 Å². The molecule has 2 aliphatic rings. The summed E-state index contributed by atoms with van der Waals surface area (Å²) in [5.41, 5.74) is 0. The van der Waals surface area contributed by atoms with Gasteiger partial charge in [0.1, 0.15) is 5.82 Å².